The predicted octanol–water partition coefficient (Wildman–Crippen LogP) is 4.40. The van der Waals surface area contributed by atoms with E-state index in [4.69, 9.17) is 21.1 Å². The summed E-state index contributed by atoms with van der Waals surface area (Å²) >= 11 is 6.01. The molecule has 5 nitrogen and oxygen atoms in total. The monoisotopic (exact) mass is 344 g/mol. The third-order valence-electron chi connectivity index (χ3n) is 3.88. The Morgan fingerprint density at radius 2 is 1.83 bits per heavy atom. The molecule has 0 radical (unpaired) electrons. The number of aryl methyl sites for hydroxylation is 1. The van der Waals surface area contributed by atoms with E-state index >= 15 is 0 Å². The Morgan fingerprint density at radius 3 is 2.54 bits per heavy atom. The zero-order chi connectivity index (χ0) is 17.3. The van der Waals surface area contributed by atoms with Crippen molar-refractivity contribution in [1.29, 1.82) is 0 Å². The SMILES string of the molecule is COc1cc2[nH]cc(C(=O)Nc3cc(Cl)ccc3C)c2cc1OC. The van der Waals surface area contributed by atoms with Crippen LogP contribution in [0.5, 0.6) is 11.5 Å². The zero-order valence-electron chi connectivity index (χ0n) is 13.6. The molecule has 0 atom stereocenters. The maximum atomic E-state index is 12.7. The summed E-state index contributed by atoms with van der Waals surface area (Å²) in [6.07, 6.45) is 1.67. The van der Waals surface area contributed by atoms with E-state index in [2.05, 4.69) is 10.3 Å². The number of H-pyrrole nitrogens is 1. The van der Waals surface area contributed by atoms with Gasteiger partial charge in [-0.2, -0.15) is 0 Å². The molecule has 0 aliphatic carbocycles. The first kappa shape index (κ1) is 16.2. The van der Waals surface area contributed by atoms with Gasteiger partial charge in [-0.1, -0.05) is 17.7 Å². The van der Waals surface area contributed by atoms with Gasteiger partial charge in [0.25, 0.3) is 5.91 Å². The van der Waals surface area contributed by atoms with E-state index in [1.54, 1.807) is 44.7 Å². The van der Waals surface area contributed by atoms with Crippen LogP contribution >= 0.6 is 11.6 Å². The summed E-state index contributed by atoms with van der Waals surface area (Å²) in [5.74, 6) is 0.945. The van der Waals surface area contributed by atoms with E-state index in [9.17, 15) is 4.79 Å². The van der Waals surface area contributed by atoms with Gasteiger partial charge in [0.2, 0.25) is 0 Å². The molecule has 0 saturated heterocycles. The number of anilines is 1. The van der Waals surface area contributed by atoms with Gasteiger partial charge in [0.15, 0.2) is 11.5 Å². The van der Waals surface area contributed by atoms with Gasteiger partial charge in [-0.25, -0.2) is 0 Å². The van der Waals surface area contributed by atoms with E-state index in [1.807, 2.05) is 13.0 Å². The molecule has 2 aromatic carbocycles. The molecule has 3 aromatic rings. The van der Waals surface area contributed by atoms with Crippen LogP contribution in [0.1, 0.15) is 15.9 Å². The number of nitrogens with one attached hydrogen (secondary N) is 2. The average Bonchev–Trinajstić information content (AvgIpc) is 2.99. The van der Waals surface area contributed by atoms with Gasteiger partial charge in [-0.05, 0) is 30.7 Å². The van der Waals surface area contributed by atoms with Crippen LogP contribution in [0.3, 0.4) is 0 Å². The van der Waals surface area contributed by atoms with Crippen LogP contribution in [0.25, 0.3) is 10.9 Å². The van der Waals surface area contributed by atoms with Crippen LogP contribution in [0, 0.1) is 6.92 Å². The number of methoxy groups -OCH3 is 2. The summed E-state index contributed by atoms with van der Waals surface area (Å²) in [7, 11) is 3.13. The highest BCUT2D eigenvalue weighted by Crippen LogP contribution is 2.33. The molecule has 0 aliphatic rings. The molecular weight excluding hydrogens is 328 g/mol. The topological polar surface area (TPSA) is 63.4 Å². The summed E-state index contributed by atoms with van der Waals surface area (Å²) < 4.78 is 10.6. The van der Waals surface area contributed by atoms with Crippen LogP contribution in [0.2, 0.25) is 5.02 Å². The van der Waals surface area contributed by atoms with Crippen molar-refractivity contribution < 1.29 is 14.3 Å². The first-order valence-electron chi connectivity index (χ1n) is 7.34. The molecule has 24 heavy (non-hydrogen) atoms. The Bertz CT molecular complexity index is 918. The molecule has 0 fully saturated rings. The fourth-order valence-corrected chi connectivity index (χ4v) is 2.73. The summed E-state index contributed by atoms with van der Waals surface area (Å²) in [5, 5.41) is 4.22. The number of ether oxygens (including phenoxy) is 2. The second-order valence-electron chi connectivity index (χ2n) is 5.37. The molecule has 0 saturated carbocycles. The zero-order valence-corrected chi connectivity index (χ0v) is 14.3. The molecule has 0 aliphatic heterocycles. The van der Waals surface area contributed by atoms with Gasteiger partial charge >= 0.3 is 0 Å². The number of aromatic amines is 1. The Balaban J connectivity index is 1.99. The molecule has 0 bridgehead atoms. The number of hydrogen-bond acceptors (Lipinski definition) is 3. The van der Waals surface area contributed by atoms with E-state index in [0.717, 1.165) is 16.5 Å². The van der Waals surface area contributed by atoms with Crippen LogP contribution in [-0.4, -0.2) is 25.1 Å². The van der Waals surface area contributed by atoms with Crippen molar-refractivity contribution in [3.8, 4) is 11.5 Å². The smallest absolute Gasteiger partial charge is 0.257 e. The van der Waals surface area contributed by atoms with Gasteiger partial charge in [0, 0.05) is 28.4 Å². The number of carbonyl (C=O) groups excluding carboxylic acids is 1. The molecule has 1 amide bonds. The van der Waals surface area contributed by atoms with Crippen molar-refractivity contribution in [1.82, 2.24) is 4.98 Å². The number of aromatic nitrogens is 1. The third-order valence-corrected chi connectivity index (χ3v) is 4.11. The first-order valence-corrected chi connectivity index (χ1v) is 7.72. The van der Waals surface area contributed by atoms with Crippen molar-refractivity contribution in [3.63, 3.8) is 0 Å². The van der Waals surface area contributed by atoms with E-state index < -0.39 is 0 Å². The highest BCUT2D eigenvalue weighted by Gasteiger charge is 2.16. The maximum absolute atomic E-state index is 12.7. The lowest BCUT2D eigenvalue weighted by atomic mass is 10.1. The normalized spacial score (nSPS) is 10.7. The van der Waals surface area contributed by atoms with Crippen LogP contribution < -0.4 is 14.8 Å². The highest BCUT2D eigenvalue weighted by atomic mass is 35.5. The number of fused-ring (bicyclic) bond motifs is 1. The van der Waals surface area contributed by atoms with E-state index in [0.29, 0.717) is 27.8 Å². The van der Waals surface area contributed by atoms with Crippen LogP contribution in [0.4, 0.5) is 5.69 Å². The molecule has 3 rings (SSSR count). The number of hydrogen-bond donors (Lipinski definition) is 2. The highest BCUT2D eigenvalue weighted by molar-refractivity contribution is 6.31. The number of carbonyl (C=O) groups is 1. The number of benzene rings is 2. The van der Waals surface area contributed by atoms with Crippen molar-refractivity contribution in [3.05, 3.63) is 52.7 Å². The molecule has 0 spiro atoms. The average molecular weight is 345 g/mol. The molecule has 1 heterocycles. The van der Waals surface area contributed by atoms with Crippen LogP contribution in [0.15, 0.2) is 36.5 Å². The quantitative estimate of drug-likeness (QED) is 0.737. The number of halogens is 1. The minimum absolute atomic E-state index is 0.223. The van der Waals surface area contributed by atoms with E-state index in [-0.39, 0.29) is 5.91 Å². The molecule has 1 aromatic heterocycles. The summed E-state index contributed by atoms with van der Waals surface area (Å²) in [4.78, 5) is 15.7. The maximum Gasteiger partial charge on any atom is 0.257 e. The van der Waals surface area contributed by atoms with Gasteiger partial charge in [0.05, 0.1) is 25.3 Å². The molecule has 0 unspecified atom stereocenters. The minimum Gasteiger partial charge on any atom is -0.493 e. The van der Waals surface area contributed by atoms with Crippen molar-refractivity contribution in [2.75, 3.05) is 19.5 Å². The standard InChI is InChI=1S/C18H17ClN2O3/c1-10-4-5-11(19)6-14(10)21-18(22)13-9-20-15-8-17(24-3)16(23-2)7-12(13)15/h4-9,20H,1-3H3,(H,21,22). The van der Waals surface area contributed by atoms with Crippen molar-refractivity contribution in [2.24, 2.45) is 0 Å². The molecule has 6 heteroatoms. The largest absolute Gasteiger partial charge is 0.493 e. The number of rotatable bonds is 4. The molecular formula is C18H17ClN2O3. The Labute approximate surface area is 144 Å². The Hall–Kier alpha value is -2.66. The predicted molar refractivity (Wildman–Crippen MR) is 95.5 cm³/mol. The Morgan fingerprint density at radius 1 is 1.12 bits per heavy atom. The van der Waals surface area contributed by atoms with Crippen molar-refractivity contribution in [2.45, 2.75) is 6.92 Å². The summed E-state index contributed by atoms with van der Waals surface area (Å²) in [6.45, 7) is 1.91. The van der Waals surface area contributed by atoms with Gasteiger partial charge in [-0.3, -0.25) is 4.79 Å². The fourth-order valence-electron chi connectivity index (χ4n) is 2.56. The van der Waals surface area contributed by atoms with Gasteiger partial charge < -0.3 is 19.8 Å². The fraction of sp³-hybridized carbons (Fsp3) is 0.167. The number of amides is 1. The van der Waals surface area contributed by atoms with Crippen LogP contribution in [-0.2, 0) is 0 Å². The molecule has 2 N–H and O–H groups in total. The van der Waals surface area contributed by atoms with Gasteiger partial charge in [0.1, 0.15) is 0 Å². The van der Waals surface area contributed by atoms with E-state index in [1.165, 1.54) is 0 Å². The third kappa shape index (κ3) is 2.90. The van der Waals surface area contributed by atoms with Crippen molar-refractivity contribution >= 4 is 34.1 Å². The molecule has 124 valence electrons. The minimum atomic E-state index is -0.223. The summed E-state index contributed by atoms with van der Waals surface area (Å²) in [6, 6.07) is 8.96. The summed E-state index contributed by atoms with van der Waals surface area (Å²) in [5.41, 5.74) is 2.93. The first-order chi connectivity index (χ1) is 11.5. The van der Waals surface area contributed by atoms with Gasteiger partial charge in [-0.15, -0.1) is 0 Å². The lowest BCUT2D eigenvalue weighted by Gasteiger charge is -2.10. The Kier molecular flexibility index (Phi) is 4.36. The lowest BCUT2D eigenvalue weighted by Crippen LogP contribution is -2.12. The lowest BCUT2D eigenvalue weighted by molar-refractivity contribution is 0.102. The second kappa shape index (κ2) is 6.45. The second-order valence-corrected chi connectivity index (χ2v) is 5.80.